The van der Waals surface area contributed by atoms with Crippen molar-refractivity contribution >= 4 is 28.0 Å². The summed E-state index contributed by atoms with van der Waals surface area (Å²) in [6.07, 6.45) is 2.51. The highest BCUT2D eigenvalue weighted by molar-refractivity contribution is 7.15. The molecule has 0 bridgehead atoms. The van der Waals surface area contributed by atoms with Crippen molar-refractivity contribution in [2.75, 3.05) is 18.5 Å². The number of likely N-dealkylation sites (N-methyl/N-ethyl adjacent to an activating group) is 1. The predicted octanol–water partition coefficient (Wildman–Crippen LogP) is 3.44. The highest BCUT2D eigenvalue weighted by atomic mass is 32.1. The fourth-order valence-electron chi connectivity index (χ4n) is 2.82. The third-order valence-electron chi connectivity index (χ3n) is 4.15. The summed E-state index contributed by atoms with van der Waals surface area (Å²) in [6.45, 7) is 0.228. The number of carbonyl (C=O) groups is 1. The number of anilines is 1. The molecule has 0 atom stereocenters. The first-order valence-corrected chi connectivity index (χ1v) is 8.12. The maximum Gasteiger partial charge on any atom is 0.249 e. The van der Waals surface area contributed by atoms with Gasteiger partial charge in [0, 0.05) is 18.2 Å². The zero-order valence-corrected chi connectivity index (χ0v) is 12.7. The first kappa shape index (κ1) is 12.8. The molecule has 0 N–H and O–H groups in total. The fraction of sp³-hybridized carbons (Fsp3) is 0.294. The van der Waals surface area contributed by atoms with Gasteiger partial charge in [-0.25, -0.2) is 0 Å². The number of fused-ring (bicyclic) bond motifs is 1. The summed E-state index contributed by atoms with van der Waals surface area (Å²) < 4.78 is 0. The molecule has 106 valence electrons. The summed E-state index contributed by atoms with van der Waals surface area (Å²) >= 11 is 1.67. The van der Waals surface area contributed by atoms with Gasteiger partial charge in [-0.2, -0.15) is 0 Å². The molecule has 2 aliphatic rings. The van der Waals surface area contributed by atoms with Crippen molar-refractivity contribution in [3.63, 3.8) is 0 Å². The molecule has 4 heteroatoms. The first-order chi connectivity index (χ1) is 10.3. The number of hydrogen-bond donors (Lipinski definition) is 0. The van der Waals surface area contributed by atoms with Crippen molar-refractivity contribution in [1.29, 1.82) is 0 Å². The number of thiophene rings is 1. The van der Waals surface area contributed by atoms with Crippen LogP contribution in [0.2, 0.25) is 0 Å². The van der Waals surface area contributed by atoms with Crippen LogP contribution in [0.5, 0.6) is 0 Å². The van der Waals surface area contributed by atoms with E-state index in [4.69, 9.17) is 0 Å². The van der Waals surface area contributed by atoms with Crippen LogP contribution in [0.1, 0.15) is 35.4 Å². The molecule has 3 nitrogen and oxygen atoms in total. The minimum absolute atomic E-state index is 0.0615. The van der Waals surface area contributed by atoms with Crippen molar-refractivity contribution in [3.8, 4) is 0 Å². The summed E-state index contributed by atoms with van der Waals surface area (Å²) in [6, 6.07) is 10.2. The molecule has 1 fully saturated rings. The van der Waals surface area contributed by atoms with Crippen LogP contribution >= 0.6 is 11.3 Å². The largest absolute Gasteiger partial charge is 0.305 e. The second-order valence-electron chi connectivity index (χ2n) is 5.63. The van der Waals surface area contributed by atoms with Gasteiger partial charge in [0.1, 0.15) is 11.5 Å². The Balaban J connectivity index is 1.93. The molecule has 1 aromatic carbocycles. The second-order valence-corrected chi connectivity index (χ2v) is 6.49. The van der Waals surface area contributed by atoms with E-state index in [2.05, 4.69) is 22.5 Å². The van der Waals surface area contributed by atoms with Crippen LogP contribution < -0.4 is 4.90 Å². The van der Waals surface area contributed by atoms with Crippen LogP contribution in [-0.2, 0) is 4.79 Å². The lowest BCUT2D eigenvalue weighted by Gasteiger charge is -2.14. The van der Waals surface area contributed by atoms with Gasteiger partial charge in [-0.1, -0.05) is 30.3 Å². The minimum Gasteiger partial charge on any atom is -0.305 e. The summed E-state index contributed by atoms with van der Waals surface area (Å²) in [5.74, 6) is 0.715. The molecule has 0 unspecified atom stereocenters. The minimum atomic E-state index is 0.0615. The Labute approximate surface area is 127 Å². The van der Waals surface area contributed by atoms with Crippen molar-refractivity contribution in [2.24, 2.45) is 4.99 Å². The standard InChI is InChI=1S/C17H16N2OS/c1-19-14(20)9-18-16(12-5-3-2-4-6-12)15-13(11-7-8-11)10-21-17(15)19/h2-6,10-11H,7-9H2,1H3. The van der Waals surface area contributed by atoms with Gasteiger partial charge in [0.25, 0.3) is 0 Å². The lowest BCUT2D eigenvalue weighted by atomic mass is 9.98. The zero-order valence-electron chi connectivity index (χ0n) is 11.9. The first-order valence-electron chi connectivity index (χ1n) is 7.24. The second kappa shape index (κ2) is 4.81. The lowest BCUT2D eigenvalue weighted by Crippen LogP contribution is -2.26. The van der Waals surface area contributed by atoms with Crippen LogP contribution in [0.3, 0.4) is 0 Å². The van der Waals surface area contributed by atoms with Gasteiger partial charge in [0.2, 0.25) is 5.91 Å². The Morgan fingerprint density at radius 3 is 2.71 bits per heavy atom. The van der Waals surface area contributed by atoms with Gasteiger partial charge in [-0.3, -0.25) is 9.79 Å². The van der Waals surface area contributed by atoms with Crippen molar-refractivity contribution in [1.82, 2.24) is 0 Å². The quantitative estimate of drug-likeness (QED) is 0.835. The van der Waals surface area contributed by atoms with Crippen molar-refractivity contribution < 1.29 is 4.79 Å². The van der Waals surface area contributed by atoms with E-state index in [9.17, 15) is 4.79 Å². The van der Waals surface area contributed by atoms with E-state index in [-0.39, 0.29) is 12.5 Å². The molecule has 1 aromatic heterocycles. The fourth-order valence-corrected chi connectivity index (χ4v) is 3.96. The Bertz CT molecular complexity index is 729. The molecule has 0 saturated heterocycles. The molecule has 1 saturated carbocycles. The summed E-state index contributed by atoms with van der Waals surface area (Å²) in [5.41, 5.74) is 4.63. The molecule has 21 heavy (non-hydrogen) atoms. The van der Waals surface area contributed by atoms with Crippen LogP contribution in [-0.4, -0.2) is 25.2 Å². The van der Waals surface area contributed by atoms with Gasteiger partial charge >= 0.3 is 0 Å². The molecular formula is C17H16N2OS. The number of carbonyl (C=O) groups excluding carboxylic acids is 1. The van der Waals surface area contributed by atoms with Gasteiger partial charge in [-0.05, 0) is 29.7 Å². The monoisotopic (exact) mass is 296 g/mol. The van der Waals surface area contributed by atoms with E-state index in [1.807, 2.05) is 25.2 Å². The molecule has 1 aliphatic heterocycles. The SMILES string of the molecule is CN1C(=O)CN=C(c2ccccc2)c2c(C3CC3)csc21. The van der Waals surface area contributed by atoms with E-state index in [1.54, 1.807) is 16.2 Å². The molecule has 2 aromatic rings. The number of rotatable bonds is 2. The highest BCUT2D eigenvalue weighted by Crippen LogP contribution is 2.47. The maximum atomic E-state index is 12.2. The number of hydrogen-bond acceptors (Lipinski definition) is 3. The third kappa shape index (κ3) is 2.10. The topological polar surface area (TPSA) is 32.7 Å². The van der Waals surface area contributed by atoms with Gasteiger partial charge in [0.05, 0.1) is 5.71 Å². The summed E-state index contributed by atoms with van der Waals surface area (Å²) in [5, 5.41) is 3.26. The van der Waals surface area contributed by atoms with Gasteiger partial charge in [-0.15, -0.1) is 11.3 Å². The Morgan fingerprint density at radius 2 is 2.00 bits per heavy atom. The van der Waals surface area contributed by atoms with E-state index < -0.39 is 0 Å². The van der Waals surface area contributed by atoms with Crippen molar-refractivity contribution in [3.05, 3.63) is 52.4 Å². The molecule has 1 amide bonds. The summed E-state index contributed by atoms with van der Waals surface area (Å²) in [4.78, 5) is 18.6. The Hall–Kier alpha value is -1.94. The van der Waals surface area contributed by atoms with E-state index in [0.717, 1.165) is 16.3 Å². The van der Waals surface area contributed by atoms with E-state index in [1.165, 1.54) is 24.0 Å². The predicted molar refractivity (Wildman–Crippen MR) is 86.7 cm³/mol. The zero-order chi connectivity index (χ0) is 14.4. The molecule has 0 spiro atoms. The Kier molecular flexibility index (Phi) is 2.93. The number of aliphatic imine (C=N–C) groups is 1. The average Bonchev–Trinajstić information content (AvgIpc) is 3.29. The van der Waals surface area contributed by atoms with Crippen LogP contribution in [0.25, 0.3) is 0 Å². The van der Waals surface area contributed by atoms with E-state index >= 15 is 0 Å². The number of benzene rings is 1. The average molecular weight is 296 g/mol. The number of nitrogens with zero attached hydrogens (tertiary/aromatic N) is 2. The normalized spacial score (nSPS) is 18.2. The number of amides is 1. The van der Waals surface area contributed by atoms with Gasteiger partial charge < -0.3 is 4.90 Å². The molecule has 0 radical (unpaired) electrons. The van der Waals surface area contributed by atoms with Crippen LogP contribution in [0.4, 0.5) is 5.00 Å². The van der Waals surface area contributed by atoms with E-state index in [0.29, 0.717) is 5.92 Å². The lowest BCUT2D eigenvalue weighted by molar-refractivity contribution is -0.116. The van der Waals surface area contributed by atoms with Crippen LogP contribution in [0.15, 0.2) is 40.7 Å². The molecule has 1 aliphatic carbocycles. The molecule has 4 rings (SSSR count). The van der Waals surface area contributed by atoms with Crippen LogP contribution in [0, 0.1) is 0 Å². The Morgan fingerprint density at radius 1 is 1.24 bits per heavy atom. The smallest absolute Gasteiger partial charge is 0.249 e. The highest BCUT2D eigenvalue weighted by Gasteiger charge is 2.33. The van der Waals surface area contributed by atoms with Gasteiger partial charge in [0.15, 0.2) is 0 Å². The molecular weight excluding hydrogens is 280 g/mol. The maximum absolute atomic E-state index is 12.2. The molecule has 2 heterocycles. The third-order valence-corrected chi connectivity index (χ3v) is 5.23. The summed E-state index contributed by atoms with van der Waals surface area (Å²) in [7, 11) is 1.86. The van der Waals surface area contributed by atoms with Crippen molar-refractivity contribution in [2.45, 2.75) is 18.8 Å².